The molecular weight excluding hydrogens is 506 g/mol. The van der Waals surface area contributed by atoms with Gasteiger partial charge in [0.2, 0.25) is 0 Å². The number of carbonyl (C=O) groups excluding carboxylic acids is 1. The van der Waals surface area contributed by atoms with Gasteiger partial charge in [0.25, 0.3) is 5.91 Å². The molecule has 1 unspecified atom stereocenters. The van der Waals surface area contributed by atoms with E-state index in [-0.39, 0.29) is 24.6 Å². The van der Waals surface area contributed by atoms with Crippen LogP contribution in [0.5, 0.6) is 0 Å². The standard InChI is InChI=1S/C33H40F2N4O/c1-3-4-21-38(33(40)27-15-12-16-28(34)32(27)35)23-31-36-29-17-8-9-18-30(29)39(31)24(2)26-14-7-6-13-25(26)22-37-19-10-5-11-20-37/h6-9,13-15,17-18,24H,3-5,10-12,16,19-23H2,1-2H3. The van der Waals surface area contributed by atoms with Gasteiger partial charge in [-0.25, -0.2) is 13.8 Å². The summed E-state index contributed by atoms with van der Waals surface area (Å²) in [5, 5.41) is 0. The number of hydrogen-bond acceptors (Lipinski definition) is 3. The molecule has 5 nitrogen and oxygen atoms in total. The molecule has 1 aromatic heterocycles. The summed E-state index contributed by atoms with van der Waals surface area (Å²) in [6.45, 7) is 8.07. The molecule has 0 saturated carbocycles. The van der Waals surface area contributed by atoms with Crippen LogP contribution < -0.4 is 0 Å². The van der Waals surface area contributed by atoms with E-state index in [9.17, 15) is 13.6 Å². The minimum absolute atomic E-state index is 0.00171. The Morgan fingerprint density at radius 2 is 1.80 bits per heavy atom. The largest absolute Gasteiger partial charge is 0.331 e. The fourth-order valence-corrected chi connectivity index (χ4v) is 6.03. The first kappa shape index (κ1) is 28.2. The number of likely N-dealkylation sites (tertiary alicyclic amines) is 1. The molecule has 1 atom stereocenters. The average Bonchev–Trinajstić information content (AvgIpc) is 3.34. The molecule has 1 aliphatic heterocycles. The van der Waals surface area contributed by atoms with Crippen molar-refractivity contribution in [2.24, 2.45) is 0 Å². The first-order chi connectivity index (χ1) is 19.5. The maximum atomic E-state index is 14.7. The van der Waals surface area contributed by atoms with E-state index in [1.165, 1.54) is 36.5 Å². The number of imidazole rings is 1. The predicted octanol–water partition coefficient (Wildman–Crippen LogP) is 7.63. The van der Waals surface area contributed by atoms with Crippen LogP contribution in [0.3, 0.4) is 0 Å². The van der Waals surface area contributed by atoms with Crippen LogP contribution in [0.4, 0.5) is 8.78 Å². The summed E-state index contributed by atoms with van der Waals surface area (Å²) in [5.74, 6) is -1.59. The average molecular weight is 547 g/mol. The Bertz CT molecular complexity index is 1400. The van der Waals surface area contributed by atoms with Crippen LogP contribution in [0, 0.1) is 0 Å². The Balaban J connectivity index is 1.51. The number of nitrogens with zero attached hydrogens (tertiary/aromatic N) is 4. The molecule has 1 amide bonds. The molecule has 40 heavy (non-hydrogen) atoms. The molecule has 2 aliphatic rings. The molecular formula is C33H40F2N4O. The Labute approximate surface area is 236 Å². The minimum atomic E-state index is -1.02. The quantitative estimate of drug-likeness (QED) is 0.263. The Hall–Kier alpha value is -3.32. The highest BCUT2D eigenvalue weighted by molar-refractivity contribution is 5.97. The number of piperidine rings is 1. The van der Waals surface area contributed by atoms with E-state index in [0.717, 1.165) is 49.3 Å². The van der Waals surface area contributed by atoms with Gasteiger partial charge < -0.3 is 9.47 Å². The highest BCUT2D eigenvalue weighted by atomic mass is 19.2. The molecule has 2 aromatic carbocycles. The van der Waals surface area contributed by atoms with Crippen molar-refractivity contribution in [3.63, 3.8) is 0 Å². The monoisotopic (exact) mass is 546 g/mol. The third-order valence-corrected chi connectivity index (χ3v) is 8.22. The second-order valence-electron chi connectivity index (χ2n) is 11.1. The van der Waals surface area contributed by atoms with E-state index in [2.05, 4.69) is 53.6 Å². The van der Waals surface area contributed by atoms with Crippen molar-refractivity contribution in [2.45, 2.75) is 77.9 Å². The fourth-order valence-electron chi connectivity index (χ4n) is 6.03. The van der Waals surface area contributed by atoms with Crippen molar-refractivity contribution in [3.8, 4) is 0 Å². The molecule has 0 radical (unpaired) electrons. The molecule has 0 N–H and O–H groups in total. The Morgan fingerprint density at radius 3 is 2.60 bits per heavy atom. The summed E-state index contributed by atoms with van der Waals surface area (Å²) in [4.78, 5) is 22.7. The van der Waals surface area contributed by atoms with E-state index in [0.29, 0.717) is 13.0 Å². The fraction of sp³-hybridized carbons (Fsp3) is 0.455. The normalized spacial score (nSPS) is 17.2. The van der Waals surface area contributed by atoms with Gasteiger partial charge >= 0.3 is 0 Å². The van der Waals surface area contributed by atoms with Gasteiger partial charge in [0.15, 0.2) is 5.83 Å². The van der Waals surface area contributed by atoms with Crippen molar-refractivity contribution in [1.82, 2.24) is 19.4 Å². The predicted molar refractivity (Wildman–Crippen MR) is 156 cm³/mol. The number of amides is 1. The van der Waals surface area contributed by atoms with E-state index in [1.54, 1.807) is 4.90 Å². The van der Waals surface area contributed by atoms with Crippen molar-refractivity contribution < 1.29 is 13.6 Å². The zero-order valence-electron chi connectivity index (χ0n) is 23.7. The van der Waals surface area contributed by atoms with Gasteiger partial charge in [-0.1, -0.05) is 62.2 Å². The summed E-state index contributed by atoms with van der Waals surface area (Å²) < 4.78 is 31.0. The number of carbonyl (C=O) groups is 1. The molecule has 3 aromatic rings. The van der Waals surface area contributed by atoms with Gasteiger partial charge in [-0.3, -0.25) is 9.69 Å². The lowest BCUT2D eigenvalue weighted by Gasteiger charge is -2.29. The second-order valence-corrected chi connectivity index (χ2v) is 11.1. The molecule has 212 valence electrons. The molecule has 5 rings (SSSR count). The number of rotatable bonds is 10. The van der Waals surface area contributed by atoms with E-state index in [1.807, 2.05) is 18.2 Å². The number of unbranched alkanes of at least 4 members (excludes halogenated alkanes) is 1. The van der Waals surface area contributed by atoms with Crippen LogP contribution >= 0.6 is 0 Å². The van der Waals surface area contributed by atoms with E-state index in [4.69, 9.17) is 4.98 Å². The lowest BCUT2D eigenvalue weighted by Crippen LogP contribution is -2.34. The van der Waals surface area contributed by atoms with Crippen molar-refractivity contribution >= 4 is 16.9 Å². The zero-order valence-corrected chi connectivity index (χ0v) is 23.7. The summed E-state index contributed by atoms with van der Waals surface area (Å²) >= 11 is 0. The Morgan fingerprint density at radius 1 is 1.05 bits per heavy atom. The lowest BCUT2D eigenvalue weighted by atomic mass is 9.99. The van der Waals surface area contributed by atoms with Crippen LogP contribution in [-0.4, -0.2) is 44.9 Å². The van der Waals surface area contributed by atoms with E-state index >= 15 is 0 Å². The summed E-state index contributed by atoms with van der Waals surface area (Å²) in [6, 6.07) is 16.6. The molecule has 0 spiro atoms. The summed E-state index contributed by atoms with van der Waals surface area (Å²) in [7, 11) is 0. The first-order valence-electron chi connectivity index (χ1n) is 14.8. The maximum absolute atomic E-state index is 14.7. The van der Waals surface area contributed by atoms with Crippen molar-refractivity contribution in [3.05, 3.63) is 88.8 Å². The molecule has 1 aliphatic carbocycles. The number of benzene rings is 2. The highest BCUT2D eigenvalue weighted by Crippen LogP contribution is 2.32. The van der Waals surface area contributed by atoms with Gasteiger partial charge in [0, 0.05) is 19.5 Å². The number of fused-ring (bicyclic) bond motifs is 1. The number of aromatic nitrogens is 2. The minimum Gasteiger partial charge on any atom is -0.331 e. The zero-order chi connectivity index (χ0) is 28.1. The molecule has 1 saturated heterocycles. The number of halogens is 2. The van der Waals surface area contributed by atoms with Gasteiger partial charge in [-0.2, -0.15) is 0 Å². The SMILES string of the molecule is CCCCN(Cc1nc2ccccc2n1C(C)c1ccccc1CN1CCCCC1)C(=O)C1=CCCC(F)=C1F. The maximum Gasteiger partial charge on any atom is 0.257 e. The Kier molecular flexibility index (Phi) is 9.10. The van der Waals surface area contributed by atoms with Crippen LogP contribution in [0.2, 0.25) is 0 Å². The lowest BCUT2D eigenvalue weighted by molar-refractivity contribution is -0.127. The third kappa shape index (κ3) is 6.04. The second kappa shape index (κ2) is 12.9. The smallest absolute Gasteiger partial charge is 0.257 e. The molecule has 7 heteroatoms. The van der Waals surface area contributed by atoms with E-state index < -0.39 is 17.6 Å². The van der Waals surface area contributed by atoms with Crippen molar-refractivity contribution in [2.75, 3.05) is 19.6 Å². The number of hydrogen-bond donors (Lipinski definition) is 0. The van der Waals surface area contributed by atoms with Gasteiger partial charge in [0.1, 0.15) is 11.7 Å². The van der Waals surface area contributed by atoms with Gasteiger partial charge in [-0.05, 0) is 69.0 Å². The van der Waals surface area contributed by atoms with Crippen LogP contribution in [-0.2, 0) is 17.9 Å². The van der Waals surface area contributed by atoms with Crippen molar-refractivity contribution in [1.29, 1.82) is 0 Å². The summed E-state index contributed by atoms with van der Waals surface area (Å²) in [6.07, 6.45) is 7.29. The molecule has 0 bridgehead atoms. The van der Waals surface area contributed by atoms with Crippen LogP contribution in [0.15, 0.2) is 71.8 Å². The topological polar surface area (TPSA) is 41.4 Å². The first-order valence-corrected chi connectivity index (χ1v) is 14.8. The number of allylic oxidation sites excluding steroid dienone is 2. The molecule has 2 heterocycles. The van der Waals surface area contributed by atoms with Crippen LogP contribution in [0.1, 0.15) is 81.8 Å². The molecule has 1 fully saturated rings. The number of para-hydroxylation sites is 2. The summed E-state index contributed by atoms with van der Waals surface area (Å²) in [5.41, 5.74) is 4.22. The van der Waals surface area contributed by atoms with Gasteiger partial charge in [0.05, 0.1) is 29.2 Å². The van der Waals surface area contributed by atoms with Crippen LogP contribution in [0.25, 0.3) is 11.0 Å². The van der Waals surface area contributed by atoms with Gasteiger partial charge in [-0.15, -0.1) is 0 Å². The highest BCUT2D eigenvalue weighted by Gasteiger charge is 2.29. The third-order valence-electron chi connectivity index (χ3n) is 8.22.